The topological polar surface area (TPSA) is 66.5 Å². The van der Waals surface area contributed by atoms with E-state index in [2.05, 4.69) is 5.32 Å². The third-order valence-electron chi connectivity index (χ3n) is 4.40. The lowest BCUT2D eigenvalue weighted by Crippen LogP contribution is -2.38. The van der Waals surface area contributed by atoms with Crippen LogP contribution in [0.25, 0.3) is 0 Å². The van der Waals surface area contributed by atoms with E-state index in [4.69, 9.17) is 0 Å². The van der Waals surface area contributed by atoms with Crippen molar-refractivity contribution < 1.29 is 27.6 Å². The van der Waals surface area contributed by atoms with E-state index in [1.54, 1.807) is 0 Å². The van der Waals surface area contributed by atoms with Crippen molar-refractivity contribution in [2.24, 2.45) is 11.8 Å². The van der Waals surface area contributed by atoms with Gasteiger partial charge in [-0.1, -0.05) is 12.2 Å². The van der Waals surface area contributed by atoms with Crippen LogP contribution in [0.3, 0.4) is 0 Å². The lowest BCUT2D eigenvalue weighted by molar-refractivity contribution is -0.142. The molecule has 0 radical (unpaired) electrons. The van der Waals surface area contributed by atoms with Crippen LogP contribution in [0.4, 0.5) is 18.9 Å². The van der Waals surface area contributed by atoms with Crippen LogP contribution >= 0.6 is 0 Å². The number of halogens is 3. The standard InChI is InChI=1S/C17H15F3N2O3/c18-17(19,20)10-5-7-11(8-6-10)21-14(23)9-22-15(24)12-3-1-2-4-13(12)16(22)25/h1-2,5-8,12-13H,3-4,9H2,(H,21,23)/t12-,13-/m1/s1. The summed E-state index contributed by atoms with van der Waals surface area (Å²) in [6, 6.07) is 3.94. The van der Waals surface area contributed by atoms with Gasteiger partial charge in [-0.3, -0.25) is 19.3 Å². The van der Waals surface area contributed by atoms with Crippen LogP contribution in [0.2, 0.25) is 0 Å². The number of amides is 3. The highest BCUT2D eigenvalue weighted by Gasteiger charge is 2.47. The number of anilines is 1. The van der Waals surface area contributed by atoms with Crippen LogP contribution < -0.4 is 5.32 Å². The number of rotatable bonds is 3. The molecule has 5 nitrogen and oxygen atoms in total. The zero-order chi connectivity index (χ0) is 18.2. The van der Waals surface area contributed by atoms with Gasteiger partial charge in [0.05, 0.1) is 17.4 Å². The lowest BCUT2D eigenvalue weighted by atomic mass is 9.85. The zero-order valence-electron chi connectivity index (χ0n) is 13.0. The molecule has 1 saturated heterocycles. The van der Waals surface area contributed by atoms with E-state index >= 15 is 0 Å². The molecule has 8 heteroatoms. The molecule has 0 aromatic heterocycles. The molecule has 0 bridgehead atoms. The Morgan fingerprint density at radius 1 is 1.04 bits per heavy atom. The molecule has 2 aliphatic rings. The van der Waals surface area contributed by atoms with Crippen molar-refractivity contribution >= 4 is 23.4 Å². The van der Waals surface area contributed by atoms with Crippen molar-refractivity contribution in [3.8, 4) is 0 Å². The first-order valence-corrected chi connectivity index (χ1v) is 7.74. The number of hydrogen-bond acceptors (Lipinski definition) is 3. The second-order valence-electron chi connectivity index (χ2n) is 6.04. The van der Waals surface area contributed by atoms with Crippen LogP contribution in [0.5, 0.6) is 0 Å². The van der Waals surface area contributed by atoms with E-state index < -0.39 is 36.0 Å². The van der Waals surface area contributed by atoms with E-state index in [1.165, 1.54) is 0 Å². The molecular formula is C17H15F3N2O3. The van der Waals surface area contributed by atoms with Gasteiger partial charge in [0.15, 0.2) is 0 Å². The Labute approximate surface area is 141 Å². The summed E-state index contributed by atoms with van der Waals surface area (Å²) in [6.45, 7) is -0.439. The fourth-order valence-electron chi connectivity index (χ4n) is 3.11. The SMILES string of the molecule is O=C(CN1C(=O)[C@@H]2CC=CC[C@H]2C1=O)Nc1ccc(C(F)(F)F)cc1. The molecule has 0 spiro atoms. The quantitative estimate of drug-likeness (QED) is 0.672. The van der Waals surface area contributed by atoms with Crippen LogP contribution in [0.1, 0.15) is 18.4 Å². The average Bonchev–Trinajstić information content (AvgIpc) is 2.80. The molecule has 1 fully saturated rings. The largest absolute Gasteiger partial charge is 0.416 e. The van der Waals surface area contributed by atoms with Crippen molar-refractivity contribution in [3.05, 3.63) is 42.0 Å². The Morgan fingerprint density at radius 3 is 2.04 bits per heavy atom. The van der Waals surface area contributed by atoms with E-state index in [9.17, 15) is 27.6 Å². The molecule has 3 rings (SSSR count). The number of fused-ring (bicyclic) bond motifs is 1. The van der Waals surface area contributed by atoms with E-state index in [0.29, 0.717) is 12.8 Å². The minimum Gasteiger partial charge on any atom is -0.325 e. The summed E-state index contributed by atoms with van der Waals surface area (Å²) < 4.78 is 37.5. The number of alkyl halides is 3. The summed E-state index contributed by atoms with van der Waals surface area (Å²) in [5, 5.41) is 2.40. The van der Waals surface area contributed by atoms with Gasteiger partial charge in [-0.2, -0.15) is 13.2 Å². The molecule has 0 saturated carbocycles. The van der Waals surface area contributed by atoms with Crippen molar-refractivity contribution in [1.82, 2.24) is 4.90 Å². The minimum atomic E-state index is -4.46. The normalized spacial score (nSPS) is 22.9. The Balaban J connectivity index is 1.63. The number of nitrogens with zero attached hydrogens (tertiary/aromatic N) is 1. The maximum Gasteiger partial charge on any atom is 0.416 e. The smallest absolute Gasteiger partial charge is 0.325 e. The summed E-state index contributed by atoms with van der Waals surface area (Å²) in [6.07, 6.45) is 0.191. The number of hydrogen-bond donors (Lipinski definition) is 1. The molecule has 132 valence electrons. The number of carbonyl (C=O) groups is 3. The first-order chi connectivity index (χ1) is 11.8. The average molecular weight is 352 g/mol. The fraction of sp³-hybridized carbons (Fsp3) is 0.353. The molecule has 1 heterocycles. The van der Waals surface area contributed by atoms with Gasteiger partial charge in [0.2, 0.25) is 17.7 Å². The van der Waals surface area contributed by atoms with E-state index in [1.807, 2.05) is 12.2 Å². The van der Waals surface area contributed by atoms with Gasteiger partial charge in [-0.25, -0.2) is 0 Å². The maximum absolute atomic E-state index is 12.5. The highest BCUT2D eigenvalue weighted by atomic mass is 19.4. The number of carbonyl (C=O) groups excluding carboxylic acids is 3. The monoisotopic (exact) mass is 352 g/mol. The number of benzene rings is 1. The Hall–Kier alpha value is -2.64. The summed E-state index contributed by atoms with van der Waals surface area (Å²) in [7, 11) is 0. The molecule has 1 aromatic carbocycles. The van der Waals surface area contributed by atoms with Gasteiger partial charge in [0, 0.05) is 5.69 Å². The van der Waals surface area contributed by atoms with Gasteiger partial charge in [0.1, 0.15) is 6.54 Å². The third-order valence-corrected chi connectivity index (χ3v) is 4.40. The molecule has 0 unspecified atom stereocenters. The number of likely N-dealkylation sites (tertiary alicyclic amines) is 1. The molecule has 3 amide bonds. The lowest BCUT2D eigenvalue weighted by Gasteiger charge is -2.14. The summed E-state index contributed by atoms with van der Waals surface area (Å²) in [5.74, 6) is -2.22. The predicted molar refractivity (Wildman–Crippen MR) is 82.1 cm³/mol. The number of allylic oxidation sites excluding steroid dienone is 2. The van der Waals surface area contributed by atoms with Gasteiger partial charge < -0.3 is 5.32 Å². The van der Waals surface area contributed by atoms with E-state index in [0.717, 1.165) is 29.2 Å². The molecule has 1 aliphatic carbocycles. The molecule has 1 aromatic rings. The van der Waals surface area contributed by atoms with Crippen LogP contribution in [-0.2, 0) is 20.6 Å². The molecule has 2 atom stereocenters. The highest BCUT2D eigenvalue weighted by Crippen LogP contribution is 2.35. The fourth-order valence-corrected chi connectivity index (χ4v) is 3.11. The van der Waals surface area contributed by atoms with Crippen molar-refractivity contribution in [1.29, 1.82) is 0 Å². The number of imide groups is 1. The van der Waals surface area contributed by atoms with E-state index in [-0.39, 0.29) is 17.5 Å². The summed E-state index contributed by atoms with van der Waals surface area (Å²) >= 11 is 0. The molecular weight excluding hydrogens is 337 g/mol. The summed E-state index contributed by atoms with van der Waals surface area (Å²) in [5.41, 5.74) is -0.664. The van der Waals surface area contributed by atoms with Gasteiger partial charge in [-0.05, 0) is 37.1 Å². The molecule has 1 aliphatic heterocycles. The Kier molecular flexibility index (Phi) is 4.36. The first-order valence-electron chi connectivity index (χ1n) is 7.74. The van der Waals surface area contributed by atoms with Gasteiger partial charge in [0.25, 0.3) is 0 Å². The summed E-state index contributed by atoms with van der Waals surface area (Å²) in [4.78, 5) is 37.5. The van der Waals surface area contributed by atoms with Crippen molar-refractivity contribution in [3.63, 3.8) is 0 Å². The van der Waals surface area contributed by atoms with Crippen LogP contribution in [0, 0.1) is 11.8 Å². The first kappa shape index (κ1) is 17.2. The third kappa shape index (κ3) is 3.42. The van der Waals surface area contributed by atoms with Crippen molar-refractivity contribution in [2.75, 3.05) is 11.9 Å². The Morgan fingerprint density at radius 2 is 1.56 bits per heavy atom. The van der Waals surface area contributed by atoms with Crippen LogP contribution in [0.15, 0.2) is 36.4 Å². The number of nitrogens with one attached hydrogen (secondary N) is 1. The Bertz CT molecular complexity index is 715. The predicted octanol–water partition coefficient (Wildman–Crippen LogP) is 2.60. The highest BCUT2D eigenvalue weighted by molar-refractivity contribution is 6.08. The maximum atomic E-state index is 12.5. The van der Waals surface area contributed by atoms with Gasteiger partial charge >= 0.3 is 6.18 Å². The van der Waals surface area contributed by atoms with Crippen LogP contribution in [-0.4, -0.2) is 29.2 Å². The molecule has 25 heavy (non-hydrogen) atoms. The second kappa shape index (κ2) is 6.34. The zero-order valence-corrected chi connectivity index (χ0v) is 13.0. The van der Waals surface area contributed by atoms with Crippen molar-refractivity contribution in [2.45, 2.75) is 19.0 Å². The van der Waals surface area contributed by atoms with Gasteiger partial charge in [-0.15, -0.1) is 0 Å². The minimum absolute atomic E-state index is 0.163. The molecule has 1 N–H and O–H groups in total. The second-order valence-corrected chi connectivity index (χ2v) is 6.04.